The number of nitrogens with one attached hydrogen (secondary N) is 4. The van der Waals surface area contributed by atoms with Crippen molar-refractivity contribution >= 4 is 40.7 Å². The normalized spacial score (nSPS) is 21.1. The lowest BCUT2D eigenvalue weighted by Gasteiger charge is -2.30. The number of carbonyl (C=O) groups is 3. The van der Waals surface area contributed by atoms with Gasteiger partial charge in [0.2, 0.25) is 5.91 Å². The Morgan fingerprint density at radius 1 is 1.10 bits per heavy atom. The maximum atomic E-state index is 12.3. The molecule has 3 rings (SSSR count). The van der Waals surface area contributed by atoms with E-state index in [9.17, 15) is 14.4 Å². The second kappa shape index (κ2) is 10.4. The minimum atomic E-state index is -0.400. The average Bonchev–Trinajstić information content (AvgIpc) is 3.18. The van der Waals surface area contributed by atoms with Crippen LogP contribution >= 0.6 is 12.2 Å². The molecule has 0 aromatic heterocycles. The van der Waals surface area contributed by atoms with E-state index >= 15 is 0 Å². The van der Waals surface area contributed by atoms with E-state index in [1.54, 1.807) is 29.2 Å². The van der Waals surface area contributed by atoms with E-state index in [1.807, 2.05) is 0 Å². The van der Waals surface area contributed by atoms with Gasteiger partial charge in [-0.05, 0) is 61.7 Å². The molecule has 2 fully saturated rings. The molecule has 2 unspecified atom stereocenters. The van der Waals surface area contributed by atoms with Crippen LogP contribution in [0.2, 0.25) is 0 Å². The Kier molecular flexibility index (Phi) is 7.62. The molecule has 1 aromatic carbocycles. The number of thiocarbonyl (C=S) groups is 1. The highest BCUT2D eigenvalue weighted by molar-refractivity contribution is 7.80. The number of hydrogen-bond acceptors (Lipinski definition) is 4. The van der Waals surface area contributed by atoms with Crippen molar-refractivity contribution in [2.24, 2.45) is 5.92 Å². The molecule has 1 aromatic rings. The third-order valence-electron chi connectivity index (χ3n) is 5.67. The van der Waals surface area contributed by atoms with Crippen LogP contribution in [0.3, 0.4) is 0 Å². The van der Waals surface area contributed by atoms with Crippen molar-refractivity contribution < 1.29 is 14.4 Å². The number of amides is 3. The van der Waals surface area contributed by atoms with Gasteiger partial charge in [0, 0.05) is 30.3 Å². The average molecular weight is 432 g/mol. The first-order valence-corrected chi connectivity index (χ1v) is 10.9. The van der Waals surface area contributed by atoms with Gasteiger partial charge in [-0.15, -0.1) is 0 Å². The Labute approximate surface area is 182 Å². The van der Waals surface area contributed by atoms with Crippen molar-refractivity contribution in [2.45, 2.75) is 51.5 Å². The molecule has 162 valence electrons. The monoisotopic (exact) mass is 431 g/mol. The summed E-state index contributed by atoms with van der Waals surface area (Å²) in [6, 6.07) is 7.11. The van der Waals surface area contributed by atoms with Gasteiger partial charge in [0.1, 0.15) is 0 Å². The number of hydrogen-bond donors (Lipinski definition) is 4. The van der Waals surface area contributed by atoms with E-state index in [0.717, 1.165) is 18.5 Å². The first kappa shape index (κ1) is 22.0. The number of hydrazine groups is 1. The molecule has 1 heterocycles. The predicted molar refractivity (Wildman–Crippen MR) is 119 cm³/mol. The van der Waals surface area contributed by atoms with Gasteiger partial charge in [0.15, 0.2) is 5.11 Å². The van der Waals surface area contributed by atoms with Crippen LogP contribution in [0.4, 0.5) is 5.69 Å². The molecule has 0 bridgehead atoms. The van der Waals surface area contributed by atoms with Crippen LogP contribution in [0.25, 0.3) is 0 Å². The van der Waals surface area contributed by atoms with Crippen molar-refractivity contribution in [2.75, 3.05) is 18.0 Å². The Morgan fingerprint density at radius 2 is 1.83 bits per heavy atom. The fourth-order valence-electron chi connectivity index (χ4n) is 3.88. The van der Waals surface area contributed by atoms with Gasteiger partial charge < -0.3 is 15.5 Å². The lowest BCUT2D eigenvalue weighted by Crippen LogP contribution is -2.53. The quantitative estimate of drug-likeness (QED) is 0.417. The predicted octanol–water partition coefficient (Wildman–Crippen LogP) is 1.62. The molecule has 1 saturated heterocycles. The molecule has 0 spiro atoms. The molecule has 2 atom stereocenters. The first-order chi connectivity index (χ1) is 14.4. The SMILES string of the molecule is CC1CCCCC1NC(=S)NNC(=O)CNC(=O)c1ccc(N2CCCC2=O)cc1. The number of benzene rings is 1. The van der Waals surface area contributed by atoms with E-state index in [4.69, 9.17) is 12.2 Å². The minimum Gasteiger partial charge on any atom is -0.358 e. The summed E-state index contributed by atoms with van der Waals surface area (Å²) in [6.07, 6.45) is 6.08. The Balaban J connectivity index is 1.38. The second-order valence-electron chi connectivity index (χ2n) is 7.89. The molecule has 4 N–H and O–H groups in total. The Bertz CT molecular complexity index is 798. The highest BCUT2D eigenvalue weighted by atomic mass is 32.1. The molecule has 1 aliphatic carbocycles. The van der Waals surface area contributed by atoms with E-state index in [1.165, 1.54) is 19.3 Å². The smallest absolute Gasteiger partial charge is 0.257 e. The molecule has 1 aliphatic heterocycles. The molecular weight excluding hydrogens is 402 g/mol. The summed E-state index contributed by atoms with van der Waals surface area (Å²) < 4.78 is 0. The number of rotatable bonds is 5. The van der Waals surface area contributed by atoms with Gasteiger partial charge in [-0.3, -0.25) is 25.2 Å². The lowest BCUT2D eigenvalue weighted by atomic mass is 9.86. The summed E-state index contributed by atoms with van der Waals surface area (Å²) in [5.41, 5.74) is 6.39. The summed E-state index contributed by atoms with van der Waals surface area (Å²) in [6.45, 7) is 2.72. The zero-order valence-corrected chi connectivity index (χ0v) is 18.0. The Morgan fingerprint density at radius 3 is 2.50 bits per heavy atom. The van der Waals surface area contributed by atoms with Crippen LogP contribution in [0, 0.1) is 5.92 Å². The van der Waals surface area contributed by atoms with Crippen molar-refractivity contribution in [3.05, 3.63) is 29.8 Å². The summed E-state index contributed by atoms with van der Waals surface area (Å²) in [5, 5.41) is 6.19. The second-order valence-corrected chi connectivity index (χ2v) is 8.30. The number of nitrogens with zero attached hydrogens (tertiary/aromatic N) is 1. The Hall–Kier alpha value is -2.68. The van der Waals surface area contributed by atoms with Gasteiger partial charge in [-0.2, -0.15) is 0 Å². The van der Waals surface area contributed by atoms with Gasteiger partial charge >= 0.3 is 0 Å². The van der Waals surface area contributed by atoms with Gasteiger partial charge in [-0.25, -0.2) is 0 Å². The van der Waals surface area contributed by atoms with Crippen molar-refractivity contribution in [1.82, 2.24) is 21.5 Å². The molecule has 3 amide bonds. The van der Waals surface area contributed by atoms with E-state index in [-0.39, 0.29) is 18.4 Å². The molecule has 0 radical (unpaired) electrons. The fraction of sp³-hybridized carbons (Fsp3) is 0.524. The number of carbonyl (C=O) groups excluding carboxylic acids is 3. The number of anilines is 1. The van der Waals surface area contributed by atoms with E-state index in [2.05, 4.69) is 28.4 Å². The van der Waals surface area contributed by atoms with Gasteiger partial charge in [-0.1, -0.05) is 19.8 Å². The third kappa shape index (κ3) is 5.91. The van der Waals surface area contributed by atoms with Crippen molar-refractivity contribution in [3.63, 3.8) is 0 Å². The van der Waals surface area contributed by atoms with E-state index < -0.39 is 5.91 Å². The zero-order valence-electron chi connectivity index (χ0n) is 17.2. The summed E-state index contributed by atoms with van der Waals surface area (Å²) in [7, 11) is 0. The summed E-state index contributed by atoms with van der Waals surface area (Å²) in [4.78, 5) is 37.7. The highest BCUT2D eigenvalue weighted by Crippen LogP contribution is 2.23. The molecule has 1 saturated carbocycles. The van der Waals surface area contributed by atoms with Crippen LogP contribution in [0.1, 0.15) is 55.8 Å². The highest BCUT2D eigenvalue weighted by Gasteiger charge is 2.22. The van der Waals surface area contributed by atoms with Crippen LogP contribution in [0.15, 0.2) is 24.3 Å². The molecule has 30 heavy (non-hydrogen) atoms. The van der Waals surface area contributed by atoms with Crippen LogP contribution < -0.4 is 26.4 Å². The van der Waals surface area contributed by atoms with E-state index in [0.29, 0.717) is 35.6 Å². The first-order valence-electron chi connectivity index (χ1n) is 10.5. The van der Waals surface area contributed by atoms with Gasteiger partial charge in [0.05, 0.1) is 6.54 Å². The summed E-state index contributed by atoms with van der Waals surface area (Å²) >= 11 is 5.23. The fourth-order valence-corrected chi connectivity index (χ4v) is 4.08. The van der Waals surface area contributed by atoms with Crippen LogP contribution in [-0.2, 0) is 9.59 Å². The summed E-state index contributed by atoms with van der Waals surface area (Å²) in [5.74, 6) is -0.116. The standard InChI is InChI=1S/C21H29N5O3S/c1-14-5-2-3-6-17(14)23-21(30)25-24-18(27)13-22-20(29)15-8-10-16(11-9-15)26-12-4-7-19(26)28/h8-11,14,17H,2-7,12-13H2,1H3,(H,22,29)(H,24,27)(H2,23,25,30). The molecule has 2 aliphatic rings. The maximum Gasteiger partial charge on any atom is 0.257 e. The zero-order chi connectivity index (χ0) is 21.5. The van der Waals surface area contributed by atoms with Crippen molar-refractivity contribution in [3.8, 4) is 0 Å². The minimum absolute atomic E-state index is 0.0988. The largest absolute Gasteiger partial charge is 0.358 e. The third-order valence-corrected chi connectivity index (χ3v) is 5.89. The van der Waals surface area contributed by atoms with Crippen molar-refractivity contribution in [1.29, 1.82) is 0 Å². The molecular formula is C21H29N5O3S. The molecule has 9 heteroatoms. The topological polar surface area (TPSA) is 103 Å². The lowest BCUT2D eigenvalue weighted by molar-refractivity contribution is -0.120. The van der Waals surface area contributed by atoms with Crippen LogP contribution in [-0.4, -0.2) is 42.0 Å². The maximum absolute atomic E-state index is 12.3. The van der Waals surface area contributed by atoms with Crippen LogP contribution in [0.5, 0.6) is 0 Å². The van der Waals surface area contributed by atoms with Gasteiger partial charge in [0.25, 0.3) is 11.8 Å². The molecule has 8 nitrogen and oxygen atoms in total.